The number of rotatable bonds is 6. The Morgan fingerprint density at radius 2 is 2.11 bits per heavy atom. The number of fused-ring (bicyclic) bond motifs is 1. The fraction of sp³-hybridized carbons (Fsp3) is 0.105. The molecule has 0 bridgehead atoms. The number of esters is 1. The van der Waals surface area contributed by atoms with Gasteiger partial charge in [0.05, 0.1) is 18.4 Å². The molecule has 0 aliphatic heterocycles. The molecule has 4 rings (SSSR count). The summed E-state index contributed by atoms with van der Waals surface area (Å²) < 4.78 is 8.27. The van der Waals surface area contributed by atoms with Crippen LogP contribution in [0.1, 0.15) is 17.0 Å². The number of nitrogens with zero attached hydrogens (tertiary/aromatic N) is 5. The fourth-order valence-electron chi connectivity index (χ4n) is 2.55. The van der Waals surface area contributed by atoms with Crippen LogP contribution < -0.4 is 5.56 Å². The van der Waals surface area contributed by atoms with E-state index in [4.69, 9.17) is 4.74 Å². The molecule has 1 aromatic carbocycles. The Bertz CT molecular complexity index is 1190. The fourth-order valence-corrected chi connectivity index (χ4v) is 3.28. The van der Waals surface area contributed by atoms with Gasteiger partial charge in [0, 0.05) is 23.7 Å². The molecular weight excluding hydrogens is 378 g/mol. The van der Waals surface area contributed by atoms with E-state index < -0.39 is 5.97 Å². The second-order valence-corrected chi connectivity index (χ2v) is 6.78. The SMILES string of the molecule is O=C(/C=C/c1cn(Cc2ccccc2)nn1)OCc1cc(=O)n2ccsc2n1. The van der Waals surface area contributed by atoms with E-state index in [1.54, 1.807) is 22.5 Å². The highest BCUT2D eigenvalue weighted by molar-refractivity contribution is 7.15. The van der Waals surface area contributed by atoms with E-state index in [1.807, 2.05) is 30.3 Å². The van der Waals surface area contributed by atoms with Gasteiger partial charge in [-0.2, -0.15) is 0 Å². The lowest BCUT2D eigenvalue weighted by molar-refractivity contribution is -0.139. The Balaban J connectivity index is 1.34. The third kappa shape index (κ3) is 4.21. The van der Waals surface area contributed by atoms with Crippen molar-refractivity contribution < 1.29 is 9.53 Å². The predicted octanol–water partition coefficient (Wildman–Crippen LogP) is 2.15. The highest BCUT2D eigenvalue weighted by Crippen LogP contribution is 2.08. The monoisotopic (exact) mass is 393 g/mol. The summed E-state index contributed by atoms with van der Waals surface area (Å²) in [5, 5.41) is 9.81. The Labute approximate surface area is 163 Å². The molecule has 28 heavy (non-hydrogen) atoms. The second kappa shape index (κ2) is 7.97. The molecule has 0 fully saturated rings. The molecule has 0 saturated heterocycles. The minimum atomic E-state index is -0.550. The van der Waals surface area contributed by atoms with Crippen molar-refractivity contribution in [1.29, 1.82) is 0 Å². The zero-order chi connectivity index (χ0) is 19.3. The highest BCUT2D eigenvalue weighted by atomic mass is 32.1. The number of hydrogen-bond donors (Lipinski definition) is 0. The average molecular weight is 393 g/mol. The van der Waals surface area contributed by atoms with Gasteiger partial charge in [-0.3, -0.25) is 9.20 Å². The minimum absolute atomic E-state index is 0.0759. The van der Waals surface area contributed by atoms with Crippen LogP contribution in [0.15, 0.2) is 65.0 Å². The molecule has 0 saturated carbocycles. The highest BCUT2D eigenvalue weighted by Gasteiger charge is 2.06. The maximum absolute atomic E-state index is 11.9. The van der Waals surface area contributed by atoms with Crippen molar-refractivity contribution in [3.8, 4) is 0 Å². The van der Waals surface area contributed by atoms with Crippen molar-refractivity contribution in [2.24, 2.45) is 0 Å². The normalized spacial score (nSPS) is 11.3. The smallest absolute Gasteiger partial charge is 0.331 e. The van der Waals surface area contributed by atoms with Crippen LogP contribution in [-0.2, 0) is 22.7 Å². The third-order valence-corrected chi connectivity index (χ3v) is 4.61. The first-order chi connectivity index (χ1) is 13.7. The number of carbonyl (C=O) groups is 1. The molecule has 0 amide bonds. The molecule has 0 spiro atoms. The predicted molar refractivity (Wildman–Crippen MR) is 104 cm³/mol. The first-order valence-electron chi connectivity index (χ1n) is 8.42. The Kier molecular flexibility index (Phi) is 5.07. The van der Waals surface area contributed by atoms with Gasteiger partial charge in [0.25, 0.3) is 5.56 Å². The van der Waals surface area contributed by atoms with Gasteiger partial charge in [-0.25, -0.2) is 14.5 Å². The van der Waals surface area contributed by atoms with Crippen molar-refractivity contribution in [2.75, 3.05) is 0 Å². The molecule has 0 atom stereocenters. The maximum Gasteiger partial charge on any atom is 0.331 e. The zero-order valence-corrected chi connectivity index (χ0v) is 15.5. The molecule has 3 heterocycles. The second-order valence-electron chi connectivity index (χ2n) is 5.91. The van der Waals surface area contributed by atoms with E-state index in [0.717, 1.165) is 5.56 Å². The molecule has 8 nitrogen and oxygen atoms in total. The number of hydrogen-bond acceptors (Lipinski definition) is 7. The van der Waals surface area contributed by atoms with E-state index in [9.17, 15) is 9.59 Å². The number of ether oxygens (including phenoxy) is 1. The Morgan fingerprint density at radius 1 is 1.25 bits per heavy atom. The van der Waals surface area contributed by atoms with Crippen LogP contribution in [0, 0.1) is 0 Å². The van der Waals surface area contributed by atoms with Gasteiger partial charge in [-0.05, 0) is 11.6 Å². The van der Waals surface area contributed by atoms with Gasteiger partial charge in [0.1, 0.15) is 12.3 Å². The lowest BCUT2D eigenvalue weighted by Gasteiger charge is -2.01. The first kappa shape index (κ1) is 17.8. The van der Waals surface area contributed by atoms with E-state index >= 15 is 0 Å². The van der Waals surface area contributed by atoms with Crippen LogP contribution in [-0.4, -0.2) is 30.3 Å². The van der Waals surface area contributed by atoms with E-state index in [2.05, 4.69) is 15.3 Å². The van der Waals surface area contributed by atoms with Gasteiger partial charge in [-0.15, -0.1) is 16.4 Å². The van der Waals surface area contributed by atoms with Gasteiger partial charge in [0.2, 0.25) is 0 Å². The summed E-state index contributed by atoms with van der Waals surface area (Å²) in [6.45, 7) is 0.520. The zero-order valence-electron chi connectivity index (χ0n) is 14.6. The van der Waals surface area contributed by atoms with E-state index in [0.29, 0.717) is 22.9 Å². The van der Waals surface area contributed by atoms with Crippen molar-refractivity contribution in [3.05, 3.63) is 87.6 Å². The largest absolute Gasteiger partial charge is 0.456 e. The molecule has 140 valence electrons. The van der Waals surface area contributed by atoms with Crippen molar-refractivity contribution in [2.45, 2.75) is 13.2 Å². The number of aromatic nitrogens is 5. The molecule has 0 N–H and O–H groups in total. The Hall–Kier alpha value is -3.59. The molecule has 9 heteroatoms. The minimum Gasteiger partial charge on any atom is -0.456 e. The van der Waals surface area contributed by atoms with Gasteiger partial charge >= 0.3 is 5.97 Å². The molecule has 3 aromatic heterocycles. The van der Waals surface area contributed by atoms with Gasteiger partial charge < -0.3 is 4.74 Å². The third-order valence-electron chi connectivity index (χ3n) is 3.85. The van der Waals surface area contributed by atoms with Gasteiger partial charge in [-0.1, -0.05) is 35.5 Å². The molecule has 0 aliphatic carbocycles. The summed E-state index contributed by atoms with van der Waals surface area (Å²) in [5.41, 5.74) is 1.85. The molecule has 0 aliphatic rings. The van der Waals surface area contributed by atoms with Crippen LogP contribution in [0.4, 0.5) is 0 Å². The number of benzene rings is 1. The summed E-state index contributed by atoms with van der Waals surface area (Å²) in [6.07, 6.45) is 6.19. The van der Waals surface area contributed by atoms with E-state index in [-0.39, 0.29) is 12.2 Å². The van der Waals surface area contributed by atoms with Crippen LogP contribution in [0.25, 0.3) is 11.0 Å². The average Bonchev–Trinajstić information content (AvgIpc) is 3.35. The van der Waals surface area contributed by atoms with Crippen LogP contribution in [0.3, 0.4) is 0 Å². The summed E-state index contributed by atoms with van der Waals surface area (Å²) in [6, 6.07) is 11.2. The summed E-state index contributed by atoms with van der Waals surface area (Å²) >= 11 is 1.34. The maximum atomic E-state index is 11.9. The summed E-state index contributed by atoms with van der Waals surface area (Å²) in [7, 11) is 0. The lowest BCUT2D eigenvalue weighted by Crippen LogP contribution is -2.14. The molecule has 4 aromatic rings. The van der Waals surface area contributed by atoms with Crippen molar-refractivity contribution in [3.63, 3.8) is 0 Å². The molecule has 0 radical (unpaired) electrons. The molecule has 0 unspecified atom stereocenters. The summed E-state index contributed by atoms with van der Waals surface area (Å²) in [5.74, 6) is -0.550. The quantitative estimate of drug-likeness (QED) is 0.368. The Morgan fingerprint density at radius 3 is 2.96 bits per heavy atom. The van der Waals surface area contributed by atoms with Crippen LogP contribution in [0.2, 0.25) is 0 Å². The van der Waals surface area contributed by atoms with Crippen molar-refractivity contribution in [1.82, 2.24) is 24.4 Å². The topological polar surface area (TPSA) is 91.4 Å². The number of thiazole rings is 1. The standard InChI is InChI=1S/C19H15N5O3S/c25-17-10-16(20-19-24(17)8-9-28-19)13-27-18(26)7-6-15-12-23(22-21-15)11-14-4-2-1-3-5-14/h1-10,12H,11,13H2/b7-6+. The first-order valence-corrected chi connectivity index (χ1v) is 9.30. The number of carbonyl (C=O) groups excluding carboxylic acids is 1. The van der Waals surface area contributed by atoms with E-state index in [1.165, 1.54) is 34.0 Å². The van der Waals surface area contributed by atoms with Crippen LogP contribution >= 0.6 is 11.3 Å². The summed E-state index contributed by atoms with van der Waals surface area (Å²) in [4.78, 5) is 28.7. The molecular formula is C19H15N5O3S. The van der Waals surface area contributed by atoms with Crippen molar-refractivity contribution >= 4 is 28.3 Å². The lowest BCUT2D eigenvalue weighted by atomic mass is 10.2. The van der Waals surface area contributed by atoms with Gasteiger partial charge in [0.15, 0.2) is 4.96 Å². The van der Waals surface area contributed by atoms with Crippen LogP contribution in [0.5, 0.6) is 0 Å².